The van der Waals surface area contributed by atoms with Gasteiger partial charge in [-0.3, -0.25) is 4.79 Å². The highest BCUT2D eigenvalue weighted by Crippen LogP contribution is 2.15. The average Bonchev–Trinajstić information content (AvgIpc) is 2.67. The molecule has 0 fully saturated rings. The Hall–Kier alpha value is -1.88. The SMILES string of the molecule is Cn1ccnc1C(N)c1ccn(C)c(=O)c1. The minimum atomic E-state index is -0.367. The lowest BCUT2D eigenvalue weighted by Gasteiger charge is -2.12. The first kappa shape index (κ1) is 10.6. The van der Waals surface area contributed by atoms with Crippen molar-refractivity contribution in [1.82, 2.24) is 14.1 Å². The second-order valence-electron chi connectivity index (χ2n) is 3.78. The Bertz CT molecular complexity index is 555. The van der Waals surface area contributed by atoms with Crippen molar-refractivity contribution in [3.05, 3.63) is 52.5 Å². The second kappa shape index (κ2) is 3.94. The van der Waals surface area contributed by atoms with E-state index in [1.165, 1.54) is 4.57 Å². The molecule has 0 bridgehead atoms. The van der Waals surface area contributed by atoms with Crippen molar-refractivity contribution in [2.45, 2.75) is 6.04 Å². The van der Waals surface area contributed by atoms with E-state index in [-0.39, 0.29) is 11.6 Å². The molecular weight excluding hydrogens is 204 g/mol. The van der Waals surface area contributed by atoms with Crippen LogP contribution in [0, 0.1) is 0 Å². The van der Waals surface area contributed by atoms with Gasteiger partial charge in [0.2, 0.25) is 0 Å². The summed E-state index contributed by atoms with van der Waals surface area (Å²) in [6.45, 7) is 0. The topological polar surface area (TPSA) is 65.8 Å². The highest BCUT2D eigenvalue weighted by atomic mass is 16.1. The Balaban J connectivity index is 2.42. The van der Waals surface area contributed by atoms with Gasteiger partial charge in [-0.2, -0.15) is 0 Å². The molecule has 0 aliphatic carbocycles. The molecular formula is C11H14N4O. The predicted octanol–water partition coefficient (Wildman–Crippen LogP) is 0.167. The largest absolute Gasteiger partial charge is 0.336 e. The van der Waals surface area contributed by atoms with E-state index in [0.717, 1.165) is 11.4 Å². The molecule has 84 valence electrons. The number of aromatic nitrogens is 3. The minimum Gasteiger partial charge on any atom is -0.336 e. The maximum atomic E-state index is 11.5. The first-order valence-electron chi connectivity index (χ1n) is 4.99. The zero-order chi connectivity index (χ0) is 11.7. The molecule has 2 aromatic heterocycles. The summed E-state index contributed by atoms with van der Waals surface area (Å²) >= 11 is 0. The Morgan fingerprint density at radius 2 is 2.06 bits per heavy atom. The molecule has 2 aromatic rings. The Kier molecular flexibility index (Phi) is 2.62. The molecule has 2 rings (SSSR count). The summed E-state index contributed by atoms with van der Waals surface area (Å²) in [5.41, 5.74) is 6.76. The van der Waals surface area contributed by atoms with Crippen LogP contribution in [-0.4, -0.2) is 14.1 Å². The molecule has 16 heavy (non-hydrogen) atoms. The van der Waals surface area contributed by atoms with Crippen LogP contribution in [0.4, 0.5) is 0 Å². The van der Waals surface area contributed by atoms with E-state index in [9.17, 15) is 4.79 Å². The van der Waals surface area contributed by atoms with E-state index in [1.807, 2.05) is 23.9 Å². The number of hydrogen-bond acceptors (Lipinski definition) is 3. The number of imidazole rings is 1. The summed E-state index contributed by atoms with van der Waals surface area (Å²) in [4.78, 5) is 15.7. The monoisotopic (exact) mass is 218 g/mol. The molecule has 0 radical (unpaired) electrons. The van der Waals surface area contributed by atoms with Crippen LogP contribution in [0.2, 0.25) is 0 Å². The van der Waals surface area contributed by atoms with Gasteiger partial charge >= 0.3 is 0 Å². The van der Waals surface area contributed by atoms with Crippen LogP contribution in [0.3, 0.4) is 0 Å². The van der Waals surface area contributed by atoms with Gasteiger partial charge in [-0.15, -0.1) is 0 Å². The van der Waals surface area contributed by atoms with Crippen LogP contribution >= 0.6 is 0 Å². The zero-order valence-electron chi connectivity index (χ0n) is 9.29. The third kappa shape index (κ3) is 1.77. The minimum absolute atomic E-state index is 0.0674. The van der Waals surface area contributed by atoms with Crippen molar-refractivity contribution in [2.75, 3.05) is 0 Å². The van der Waals surface area contributed by atoms with Crippen LogP contribution in [0.15, 0.2) is 35.5 Å². The number of nitrogens with two attached hydrogens (primary N) is 1. The van der Waals surface area contributed by atoms with Gasteiger partial charge in [0.15, 0.2) is 0 Å². The molecule has 1 atom stereocenters. The molecule has 0 aliphatic heterocycles. The molecule has 1 unspecified atom stereocenters. The number of aryl methyl sites for hydroxylation is 2. The van der Waals surface area contributed by atoms with Gasteiger partial charge in [0.05, 0.1) is 6.04 Å². The highest BCUT2D eigenvalue weighted by molar-refractivity contribution is 5.22. The number of rotatable bonds is 2. The summed E-state index contributed by atoms with van der Waals surface area (Å²) in [6, 6.07) is 3.01. The first-order valence-corrected chi connectivity index (χ1v) is 4.99. The van der Waals surface area contributed by atoms with Crippen LogP contribution < -0.4 is 11.3 Å². The predicted molar refractivity (Wildman–Crippen MR) is 60.9 cm³/mol. The maximum Gasteiger partial charge on any atom is 0.250 e. The van der Waals surface area contributed by atoms with Gasteiger partial charge < -0.3 is 14.9 Å². The lowest BCUT2D eigenvalue weighted by Crippen LogP contribution is -2.21. The van der Waals surface area contributed by atoms with Gasteiger partial charge in [-0.25, -0.2) is 4.98 Å². The smallest absolute Gasteiger partial charge is 0.250 e. The van der Waals surface area contributed by atoms with E-state index in [2.05, 4.69) is 4.98 Å². The van der Waals surface area contributed by atoms with Gasteiger partial charge in [0.1, 0.15) is 5.82 Å². The fourth-order valence-corrected chi connectivity index (χ4v) is 1.58. The lowest BCUT2D eigenvalue weighted by atomic mass is 10.1. The summed E-state index contributed by atoms with van der Waals surface area (Å²) < 4.78 is 3.36. The van der Waals surface area contributed by atoms with E-state index in [1.54, 1.807) is 25.5 Å². The van der Waals surface area contributed by atoms with Gasteiger partial charge in [-0.1, -0.05) is 0 Å². The Morgan fingerprint density at radius 1 is 1.31 bits per heavy atom. The quantitative estimate of drug-likeness (QED) is 0.781. The fraction of sp³-hybridized carbons (Fsp3) is 0.273. The average molecular weight is 218 g/mol. The third-order valence-corrected chi connectivity index (χ3v) is 2.62. The van der Waals surface area contributed by atoms with Crippen LogP contribution in [0.1, 0.15) is 17.4 Å². The summed E-state index contributed by atoms with van der Waals surface area (Å²) in [6.07, 6.45) is 5.23. The van der Waals surface area contributed by atoms with E-state index in [4.69, 9.17) is 5.73 Å². The molecule has 2 heterocycles. The van der Waals surface area contributed by atoms with Crippen LogP contribution in [0.25, 0.3) is 0 Å². The summed E-state index contributed by atoms with van der Waals surface area (Å²) in [5, 5.41) is 0. The third-order valence-electron chi connectivity index (χ3n) is 2.62. The van der Waals surface area contributed by atoms with E-state index < -0.39 is 0 Å². The van der Waals surface area contributed by atoms with Crippen molar-refractivity contribution in [3.8, 4) is 0 Å². The zero-order valence-corrected chi connectivity index (χ0v) is 9.29. The molecule has 0 aliphatic rings. The summed E-state index contributed by atoms with van der Waals surface area (Å²) in [7, 11) is 3.58. The molecule has 2 N–H and O–H groups in total. The van der Waals surface area contributed by atoms with E-state index in [0.29, 0.717) is 0 Å². The van der Waals surface area contributed by atoms with Crippen LogP contribution in [-0.2, 0) is 14.1 Å². The summed E-state index contributed by atoms with van der Waals surface area (Å²) in [5.74, 6) is 0.744. The highest BCUT2D eigenvalue weighted by Gasteiger charge is 2.13. The normalized spacial score (nSPS) is 12.7. The fourth-order valence-electron chi connectivity index (χ4n) is 1.58. The van der Waals surface area contributed by atoms with Gasteiger partial charge in [0.25, 0.3) is 5.56 Å². The first-order chi connectivity index (χ1) is 7.59. The molecule has 5 nitrogen and oxygen atoms in total. The number of hydrogen-bond donors (Lipinski definition) is 1. The van der Waals surface area contributed by atoms with Crippen molar-refractivity contribution in [2.24, 2.45) is 19.8 Å². The standard InChI is InChI=1S/C11H14N4O/c1-14-5-3-8(7-9(14)16)10(12)11-13-4-6-15(11)2/h3-7,10H,12H2,1-2H3. The molecule has 5 heteroatoms. The molecule has 0 spiro atoms. The molecule has 0 aromatic carbocycles. The molecule has 0 amide bonds. The maximum absolute atomic E-state index is 11.5. The van der Waals surface area contributed by atoms with E-state index >= 15 is 0 Å². The lowest BCUT2D eigenvalue weighted by molar-refractivity contribution is 0.710. The number of pyridine rings is 1. The van der Waals surface area contributed by atoms with Crippen molar-refractivity contribution in [3.63, 3.8) is 0 Å². The van der Waals surface area contributed by atoms with Crippen molar-refractivity contribution in [1.29, 1.82) is 0 Å². The second-order valence-corrected chi connectivity index (χ2v) is 3.78. The van der Waals surface area contributed by atoms with Gasteiger partial charge in [0, 0.05) is 38.8 Å². The van der Waals surface area contributed by atoms with Gasteiger partial charge in [-0.05, 0) is 11.6 Å². The van der Waals surface area contributed by atoms with Crippen molar-refractivity contribution < 1.29 is 0 Å². The number of nitrogens with zero attached hydrogens (tertiary/aromatic N) is 3. The molecule has 0 saturated heterocycles. The Labute approximate surface area is 93.2 Å². The Morgan fingerprint density at radius 3 is 2.62 bits per heavy atom. The molecule has 0 saturated carbocycles. The van der Waals surface area contributed by atoms with Crippen LogP contribution in [0.5, 0.6) is 0 Å². The van der Waals surface area contributed by atoms with Crippen molar-refractivity contribution >= 4 is 0 Å².